The molecule has 0 bridgehead atoms. The third-order valence-corrected chi connectivity index (χ3v) is 3.21. The Bertz CT molecular complexity index is 433. The molecule has 1 unspecified atom stereocenters. The minimum Gasteiger partial charge on any atom is -0.382 e. The van der Waals surface area contributed by atoms with Gasteiger partial charge in [-0.2, -0.15) is 0 Å². The Hall–Kier alpha value is -1.33. The normalized spacial score (nSPS) is 18.8. The fraction of sp³-hybridized carbons (Fsp3) is 0.500. The highest BCUT2D eigenvalue weighted by atomic mass is 35.5. The lowest BCUT2D eigenvalue weighted by Gasteiger charge is -2.10. The molecule has 18 heavy (non-hydrogen) atoms. The number of nitrogens with one attached hydrogen (secondary N) is 1. The summed E-state index contributed by atoms with van der Waals surface area (Å²) in [6, 6.07) is 1.52. The van der Waals surface area contributed by atoms with Crippen molar-refractivity contribution in [2.45, 2.75) is 25.4 Å². The monoisotopic (exact) mass is 269 g/mol. The Morgan fingerprint density at radius 2 is 2.50 bits per heavy atom. The highest BCUT2D eigenvalue weighted by Crippen LogP contribution is 2.17. The summed E-state index contributed by atoms with van der Waals surface area (Å²) in [7, 11) is 0. The van der Waals surface area contributed by atoms with Crippen LogP contribution in [-0.4, -0.2) is 30.1 Å². The standard InChI is InChI=1S/C12H16ClN3O2/c13-10-6-8(7-16-11(10)14)12(17)15-4-3-9-2-1-5-18-9/h6-7,9H,1-5H2,(H2,14,16)(H,15,17). The Morgan fingerprint density at radius 3 is 3.17 bits per heavy atom. The molecule has 5 nitrogen and oxygen atoms in total. The van der Waals surface area contributed by atoms with Crippen LogP contribution in [0.15, 0.2) is 12.3 Å². The van der Waals surface area contributed by atoms with Gasteiger partial charge in [0.05, 0.1) is 16.7 Å². The van der Waals surface area contributed by atoms with Gasteiger partial charge in [-0.3, -0.25) is 4.79 Å². The molecule has 1 atom stereocenters. The summed E-state index contributed by atoms with van der Waals surface area (Å²) in [5, 5.41) is 3.11. The molecule has 1 fully saturated rings. The van der Waals surface area contributed by atoms with Gasteiger partial charge in [-0.15, -0.1) is 0 Å². The summed E-state index contributed by atoms with van der Waals surface area (Å²) in [6.07, 6.45) is 4.71. The van der Waals surface area contributed by atoms with Crippen molar-refractivity contribution in [2.75, 3.05) is 18.9 Å². The van der Waals surface area contributed by atoms with E-state index in [0.29, 0.717) is 17.1 Å². The van der Waals surface area contributed by atoms with Crippen LogP contribution in [-0.2, 0) is 4.74 Å². The van der Waals surface area contributed by atoms with Gasteiger partial charge < -0.3 is 15.8 Å². The van der Waals surface area contributed by atoms with E-state index in [1.807, 2.05) is 0 Å². The predicted octanol–water partition coefficient (Wildman–Crippen LogP) is 1.62. The fourth-order valence-electron chi connectivity index (χ4n) is 1.89. The van der Waals surface area contributed by atoms with Gasteiger partial charge in [-0.1, -0.05) is 11.6 Å². The molecule has 0 spiro atoms. The average molecular weight is 270 g/mol. The number of halogens is 1. The average Bonchev–Trinajstić information content (AvgIpc) is 2.85. The van der Waals surface area contributed by atoms with Crippen molar-refractivity contribution in [1.29, 1.82) is 0 Å². The van der Waals surface area contributed by atoms with Crippen LogP contribution in [0.2, 0.25) is 5.02 Å². The molecule has 1 aromatic heterocycles. The van der Waals surface area contributed by atoms with Crippen molar-refractivity contribution in [2.24, 2.45) is 0 Å². The van der Waals surface area contributed by atoms with Gasteiger partial charge in [0.15, 0.2) is 0 Å². The topological polar surface area (TPSA) is 77.2 Å². The molecular formula is C12H16ClN3O2. The quantitative estimate of drug-likeness (QED) is 0.871. The molecule has 0 radical (unpaired) electrons. The summed E-state index contributed by atoms with van der Waals surface area (Å²) in [5.74, 6) is 0.0370. The number of carbonyl (C=O) groups excluding carboxylic acids is 1. The summed E-state index contributed by atoms with van der Waals surface area (Å²) in [5.41, 5.74) is 5.90. The molecule has 1 amide bonds. The lowest BCUT2D eigenvalue weighted by Crippen LogP contribution is -2.27. The SMILES string of the molecule is Nc1ncc(C(=O)NCCC2CCCO2)cc1Cl. The third-order valence-electron chi connectivity index (χ3n) is 2.91. The molecule has 0 aromatic carbocycles. The molecule has 0 saturated carbocycles. The maximum Gasteiger partial charge on any atom is 0.252 e. The van der Waals surface area contributed by atoms with Crippen LogP contribution in [0.3, 0.4) is 0 Å². The first-order chi connectivity index (χ1) is 8.66. The second-order valence-corrected chi connectivity index (χ2v) is 4.68. The van der Waals surface area contributed by atoms with E-state index in [9.17, 15) is 4.79 Å². The van der Waals surface area contributed by atoms with Gasteiger partial charge in [0.25, 0.3) is 5.91 Å². The number of anilines is 1. The van der Waals surface area contributed by atoms with E-state index in [1.165, 1.54) is 12.3 Å². The second kappa shape index (κ2) is 6.02. The number of ether oxygens (including phenoxy) is 1. The number of rotatable bonds is 4. The molecule has 0 aliphatic carbocycles. The van der Waals surface area contributed by atoms with Crippen LogP contribution < -0.4 is 11.1 Å². The van der Waals surface area contributed by atoms with Crippen LogP contribution in [0.4, 0.5) is 5.82 Å². The molecule has 3 N–H and O–H groups in total. The number of carbonyl (C=O) groups is 1. The molecule has 2 rings (SSSR count). The van der Waals surface area contributed by atoms with E-state index in [-0.39, 0.29) is 17.8 Å². The van der Waals surface area contributed by atoms with Gasteiger partial charge in [0.1, 0.15) is 5.82 Å². The Morgan fingerprint density at radius 1 is 1.67 bits per heavy atom. The third kappa shape index (κ3) is 3.34. The molecule has 1 aliphatic heterocycles. The number of aromatic nitrogens is 1. The Kier molecular flexibility index (Phi) is 4.38. The van der Waals surface area contributed by atoms with Crippen LogP contribution >= 0.6 is 11.6 Å². The number of hydrogen-bond donors (Lipinski definition) is 2. The number of amides is 1. The first-order valence-corrected chi connectivity index (χ1v) is 6.35. The van der Waals surface area contributed by atoms with E-state index in [0.717, 1.165) is 25.9 Å². The Labute approximate surface area is 111 Å². The molecule has 1 aromatic rings. The maximum absolute atomic E-state index is 11.8. The smallest absolute Gasteiger partial charge is 0.252 e. The van der Waals surface area contributed by atoms with Crippen molar-refractivity contribution in [3.63, 3.8) is 0 Å². The van der Waals surface area contributed by atoms with Crippen molar-refractivity contribution >= 4 is 23.3 Å². The zero-order chi connectivity index (χ0) is 13.0. The molecule has 98 valence electrons. The van der Waals surface area contributed by atoms with Crippen LogP contribution in [0.25, 0.3) is 0 Å². The largest absolute Gasteiger partial charge is 0.382 e. The van der Waals surface area contributed by atoms with Crippen LogP contribution in [0.5, 0.6) is 0 Å². The van der Waals surface area contributed by atoms with E-state index in [4.69, 9.17) is 22.1 Å². The number of hydrogen-bond acceptors (Lipinski definition) is 4. The van der Waals surface area contributed by atoms with Crippen LogP contribution in [0, 0.1) is 0 Å². The van der Waals surface area contributed by atoms with E-state index in [2.05, 4.69) is 10.3 Å². The molecule has 2 heterocycles. The predicted molar refractivity (Wildman–Crippen MR) is 69.6 cm³/mol. The van der Waals surface area contributed by atoms with Gasteiger partial charge in [0, 0.05) is 19.3 Å². The Balaban J connectivity index is 1.81. The second-order valence-electron chi connectivity index (χ2n) is 4.27. The molecule has 1 saturated heterocycles. The van der Waals surface area contributed by atoms with Crippen molar-refractivity contribution in [3.05, 3.63) is 22.8 Å². The zero-order valence-electron chi connectivity index (χ0n) is 9.99. The minimum atomic E-state index is -0.192. The molecular weight excluding hydrogens is 254 g/mol. The van der Waals surface area contributed by atoms with Crippen molar-refractivity contribution < 1.29 is 9.53 Å². The van der Waals surface area contributed by atoms with Gasteiger partial charge >= 0.3 is 0 Å². The lowest BCUT2D eigenvalue weighted by atomic mass is 10.2. The lowest BCUT2D eigenvalue weighted by molar-refractivity contribution is 0.0907. The number of nitrogens with two attached hydrogens (primary N) is 1. The number of pyridine rings is 1. The summed E-state index contributed by atoms with van der Waals surface area (Å²) in [6.45, 7) is 1.42. The summed E-state index contributed by atoms with van der Waals surface area (Å²) in [4.78, 5) is 15.6. The van der Waals surface area contributed by atoms with E-state index >= 15 is 0 Å². The first-order valence-electron chi connectivity index (χ1n) is 5.97. The molecule has 6 heteroatoms. The maximum atomic E-state index is 11.8. The highest BCUT2D eigenvalue weighted by molar-refractivity contribution is 6.33. The fourth-order valence-corrected chi connectivity index (χ4v) is 2.06. The first kappa shape index (κ1) is 13.1. The van der Waals surface area contributed by atoms with Crippen molar-refractivity contribution in [3.8, 4) is 0 Å². The minimum absolute atomic E-state index is 0.192. The highest BCUT2D eigenvalue weighted by Gasteiger charge is 2.15. The van der Waals surface area contributed by atoms with Crippen LogP contribution in [0.1, 0.15) is 29.6 Å². The van der Waals surface area contributed by atoms with Crippen molar-refractivity contribution in [1.82, 2.24) is 10.3 Å². The molecule has 1 aliphatic rings. The summed E-state index contributed by atoms with van der Waals surface area (Å²) >= 11 is 5.81. The number of nitrogen functional groups attached to an aromatic ring is 1. The van der Waals surface area contributed by atoms with E-state index < -0.39 is 0 Å². The van der Waals surface area contributed by atoms with Gasteiger partial charge in [0.2, 0.25) is 0 Å². The van der Waals surface area contributed by atoms with Gasteiger partial charge in [-0.05, 0) is 25.3 Å². The van der Waals surface area contributed by atoms with E-state index in [1.54, 1.807) is 0 Å². The zero-order valence-corrected chi connectivity index (χ0v) is 10.7. The summed E-state index contributed by atoms with van der Waals surface area (Å²) < 4.78 is 5.47. The number of nitrogens with zero attached hydrogens (tertiary/aromatic N) is 1. The van der Waals surface area contributed by atoms with Gasteiger partial charge in [-0.25, -0.2) is 4.98 Å².